The molecule has 12 heavy (non-hydrogen) atoms. The topological polar surface area (TPSA) is 17.8 Å². The predicted molar refractivity (Wildman–Crippen MR) is 52.3 cm³/mol. The quantitative estimate of drug-likeness (QED) is 0.728. The second-order valence-electron chi connectivity index (χ2n) is 3.72. The van der Waals surface area contributed by atoms with Gasteiger partial charge in [-0.2, -0.15) is 0 Å². The van der Waals surface area contributed by atoms with Crippen molar-refractivity contribution in [2.45, 2.75) is 25.8 Å². The maximum Gasteiger partial charge on any atom is 0.0946 e. The Kier molecular flexibility index (Phi) is 2.22. The Morgan fingerprint density at radius 3 is 2.75 bits per heavy atom. The summed E-state index contributed by atoms with van der Waals surface area (Å²) in [4.78, 5) is 4.05. The van der Waals surface area contributed by atoms with E-state index in [1.807, 2.05) is 18.7 Å². The first kappa shape index (κ1) is 8.30. The van der Waals surface area contributed by atoms with E-state index in [1.165, 1.54) is 19.3 Å². The van der Waals surface area contributed by atoms with Gasteiger partial charge in [0.1, 0.15) is 0 Å². The Labute approximate surface area is 81.1 Å². The number of halogens is 1. The normalized spacial score (nSPS) is 20.4. The van der Waals surface area contributed by atoms with E-state index >= 15 is 0 Å². The molecule has 2 nitrogen and oxygen atoms in total. The van der Waals surface area contributed by atoms with Crippen LogP contribution in [0.15, 0.2) is 18.7 Å². The molecule has 0 aromatic carbocycles. The summed E-state index contributed by atoms with van der Waals surface area (Å²) < 4.78 is 2.18. The molecule has 1 aliphatic carbocycles. The van der Waals surface area contributed by atoms with E-state index in [4.69, 9.17) is 0 Å². The molecule has 1 saturated carbocycles. The molecule has 0 aliphatic heterocycles. The molecule has 0 saturated heterocycles. The molecule has 3 heteroatoms. The average molecular weight is 229 g/mol. The Bertz CT molecular complexity index is 234. The second kappa shape index (κ2) is 3.21. The van der Waals surface area contributed by atoms with Gasteiger partial charge in [0.2, 0.25) is 0 Å². The molecule has 0 N–H and O–H groups in total. The van der Waals surface area contributed by atoms with E-state index in [2.05, 4.69) is 25.5 Å². The van der Waals surface area contributed by atoms with Crippen LogP contribution in [-0.2, 0) is 6.54 Å². The number of rotatable bonds is 3. The van der Waals surface area contributed by atoms with Crippen LogP contribution in [0.2, 0.25) is 0 Å². The number of alkyl halides is 1. The summed E-state index contributed by atoms with van der Waals surface area (Å²) in [6.45, 7) is 1.12. The summed E-state index contributed by atoms with van der Waals surface area (Å²) in [5, 5.41) is 1.12. The van der Waals surface area contributed by atoms with Crippen molar-refractivity contribution in [2.75, 3.05) is 5.33 Å². The van der Waals surface area contributed by atoms with E-state index in [9.17, 15) is 0 Å². The second-order valence-corrected chi connectivity index (χ2v) is 4.28. The van der Waals surface area contributed by atoms with Gasteiger partial charge in [0.05, 0.1) is 6.33 Å². The summed E-state index contributed by atoms with van der Waals surface area (Å²) in [6.07, 6.45) is 9.90. The van der Waals surface area contributed by atoms with E-state index in [0.29, 0.717) is 5.41 Å². The van der Waals surface area contributed by atoms with E-state index in [-0.39, 0.29) is 0 Å². The minimum absolute atomic E-state index is 0.528. The molecule has 1 fully saturated rings. The zero-order valence-electron chi connectivity index (χ0n) is 7.04. The van der Waals surface area contributed by atoms with Gasteiger partial charge in [-0.25, -0.2) is 4.98 Å². The molecule has 0 atom stereocenters. The smallest absolute Gasteiger partial charge is 0.0946 e. The molecule has 0 amide bonds. The molecular formula is C9H13BrN2. The first-order chi connectivity index (χ1) is 5.85. The Hall–Kier alpha value is -0.310. The minimum atomic E-state index is 0.528. The van der Waals surface area contributed by atoms with Crippen molar-refractivity contribution in [3.05, 3.63) is 18.7 Å². The molecule has 1 aliphatic rings. The highest BCUT2D eigenvalue weighted by molar-refractivity contribution is 9.09. The van der Waals surface area contributed by atoms with Gasteiger partial charge in [-0.05, 0) is 18.3 Å². The molecular weight excluding hydrogens is 216 g/mol. The third kappa shape index (κ3) is 1.42. The van der Waals surface area contributed by atoms with Gasteiger partial charge in [-0.3, -0.25) is 0 Å². The minimum Gasteiger partial charge on any atom is -0.337 e. The lowest BCUT2D eigenvalue weighted by atomic mass is 9.70. The molecule has 0 radical (unpaired) electrons. The van der Waals surface area contributed by atoms with Crippen LogP contribution in [-0.4, -0.2) is 14.9 Å². The fourth-order valence-corrected chi connectivity index (χ4v) is 2.52. The molecule has 1 heterocycles. The number of hydrogen-bond donors (Lipinski definition) is 0. The standard InChI is InChI=1S/C9H13BrN2/c10-6-9(2-1-3-9)7-12-5-4-11-8-12/h4-5,8H,1-3,6-7H2. The van der Waals surface area contributed by atoms with Crippen molar-refractivity contribution in [2.24, 2.45) is 5.41 Å². The van der Waals surface area contributed by atoms with Gasteiger partial charge in [0.15, 0.2) is 0 Å². The van der Waals surface area contributed by atoms with Crippen LogP contribution in [0, 0.1) is 5.41 Å². The summed E-state index contributed by atoms with van der Waals surface area (Å²) in [6, 6.07) is 0. The maximum atomic E-state index is 4.05. The zero-order valence-corrected chi connectivity index (χ0v) is 8.63. The third-order valence-corrected chi connectivity index (χ3v) is 3.96. The fourth-order valence-electron chi connectivity index (χ4n) is 1.78. The van der Waals surface area contributed by atoms with Gasteiger partial charge in [-0.1, -0.05) is 22.4 Å². The van der Waals surface area contributed by atoms with Crippen molar-refractivity contribution in [3.63, 3.8) is 0 Å². The first-order valence-corrected chi connectivity index (χ1v) is 5.49. The monoisotopic (exact) mass is 228 g/mol. The van der Waals surface area contributed by atoms with Crippen molar-refractivity contribution in [1.29, 1.82) is 0 Å². The third-order valence-electron chi connectivity index (χ3n) is 2.77. The van der Waals surface area contributed by atoms with Crippen LogP contribution < -0.4 is 0 Å². The first-order valence-electron chi connectivity index (χ1n) is 4.36. The Balaban J connectivity index is 2.01. The lowest BCUT2D eigenvalue weighted by molar-refractivity contribution is 0.140. The highest BCUT2D eigenvalue weighted by Crippen LogP contribution is 2.43. The van der Waals surface area contributed by atoms with Crippen LogP contribution >= 0.6 is 15.9 Å². The average Bonchev–Trinajstić information content (AvgIpc) is 2.49. The highest BCUT2D eigenvalue weighted by atomic mass is 79.9. The Morgan fingerprint density at radius 2 is 2.33 bits per heavy atom. The van der Waals surface area contributed by atoms with E-state index in [0.717, 1.165) is 11.9 Å². The van der Waals surface area contributed by atoms with Gasteiger partial charge < -0.3 is 4.57 Å². The van der Waals surface area contributed by atoms with Gasteiger partial charge in [0.25, 0.3) is 0 Å². The van der Waals surface area contributed by atoms with Gasteiger partial charge in [-0.15, -0.1) is 0 Å². The van der Waals surface area contributed by atoms with Crippen LogP contribution in [0.1, 0.15) is 19.3 Å². The predicted octanol–water partition coefficient (Wildman–Crippen LogP) is 2.45. The van der Waals surface area contributed by atoms with Crippen molar-refractivity contribution in [1.82, 2.24) is 9.55 Å². The van der Waals surface area contributed by atoms with Crippen molar-refractivity contribution in [3.8, 4) is 0 Å². The van der Waals surface area contributed by atoms with Crippen LogP contribution in [0.3, 0.4) is 0 Å². The van der Waals surface area contributed by atoms with Crippen molar-refractivity contribution < 1.29 is 0 Å². The molecule has 1 aromatic rings. The number of nitrogens with zero attached hydrogens (tertiary/aromatic N) is 2. The van der Waals surface area contributed by atoms with Crippen LogP contribution in [0.25, 0.3) is 0 Å². The van der Waals surface area contributed by atoms with Crippen LogP contribution in [0.5, 0.6) is 0 Å². The van der Waals surface area contributed by atoms with Crippen LogP contribution in [0.4, 0.5) is 0 Å². The number of aromatic nitrogens is 2. The van der Waals surface area contributed by atoms with E-state index in [1.54, 1.807) is 0 Å². The lowest BCUT2D eigenvalue weighted by Crippen LogP contribution is -2.35. The zero-order chi connectivity index (χ0) is 8.44. The number of hydrogen-bond acceptors (Lipinski definition) is 1. The van der Waals surface area contributed by atoms with Gasteiger partial charge in [0, 0.05) is 24.3 Å². The molecule has 0 unspecified atom stereocenters. The molecule has 0 bridgehead atoms. The van der Waals surface area contributed by atoms with Crippen molar-refractivity contribution >= 4 is 15.9 Å². The fraction of sp³-hybridized carbons (Fsp3) is 0.667. The summed E-state index contributed by atoms with van der Waals surface area (Å²) in [5.74, 6) is 0. The molecule has 2 rings (SSSR count). The summed E-state index contributed by atoms with van der Waals surface area (Å²) in [5.41, 5.74) is 0.528. The summed E-state index contributed by atoms with van der Waals surface area (Å²) in [7, 11) is 0. The van der Waals surface area contributed by atoms with Gasteiger partial charge >= 0.3 is 0 Å². The largest absolute Gasteiger partial charge is 0.337 e. The maximum absolute atomic E-state index is 4.05. The molecule has 66 valence electrons. The Morgan fingerprint density at radius 1 is 1.50 bits per heavy atom. The van der Waals surface area contributed by atoms with E-state index < -0.39 is 0 Å². The SMILES string of the molecule is BrCC1(Cn2ccnc2)CCC1. The molecule has 0 spiro atoms. The number of imidazole rings is 1. The molecule has 1 aromatic heterocycles. The lowest BCUT2D eigenvalue weighted by Gasteiger charge is -2.40. The highest BCUT2D eigenvalue weighted by Gasteiger charge is 2.35. The summed E-state index contributed by atoms with van der Waals surface area (Å²) >= 11 is 3.60.